The van der Waals surface area contributed by atoms with Gasteiger partial charge in [-0.2, -0.15) is 0 Å². The second kappa shape index (κ2) is 13.2. The molecule has 1 heterocycles. The monoisotopic (exact) mass is 535 g/mol. The average Bonchev–Trinajstić information content (AvgIpc) is 2.89. The minimum Gasteiger partial charge on any atom is -0.350 e. The van der Waals surface area contributed by atoms with Gasteiger partial charge in [0.05, 0.1) is 6.04 Å². The highest BCUT2D eigenvalue weighted by molar-refractivity contribution is 7.99. The normalized spacial score (nSPS) is 22.8. The summed E-state index contributed by atoms with van der Waals surface area (Å²) >= 11 is 1.78. The minimum absolute atomic E-state index is 0.00252. The van der Waals surface area contributed by atoms with E-state index in [9.17, 15) is 9.59 Å². The van der Waals surface area contributed by atoms with Gasteiger partial charge in [0.25, 0.3) is 5.91 Å². The van der Waals surface area contributed by atoms with Crippen molar-refractivity contribution in [2.75, 3.05) is 18.8 Å². The quantitative estimate of drug-likeness (QED) is 0.383. The molecular formula is C32H45N3O2S. The average molecular weight is 536 g/mol. The number of fused-ring (bicyclic) bond motifs is 1. The third kappa shape index (κ3) is 8.09. The second-order valence-corrected chi connectivity index (χ2v) is 13.3. The Bertz CT molecular complexity index is 1070. The largest absolute Gasteiger partial charge is 0.350 e. The first-order valence-corrected chi connectivity index (χ1v) is 15.3. The SMILES string of the molecule is Cc1ccccc1C(=O)N[C@H](CCN1C[C@H]2CCCCC2C[C@H]1C(=O)NC(C)(C)C)CSc1ccccc1. The van der Waals surface area contributed by atoms with E-state index in [-0.39, 0.29) is 29.4 Å². The van der Waals surface area contributed by atoms with Crippen molar-refractivity contribution in [2.45, 2.75) is 88.7 Å². The maximum absolute atomic E-state index is 13.4. The van der Waals surface area contributed by atoms with E-state index in [0.717, 1.165) is 42.8 Å². The van der Waals surface area contributed by atoms with Crippen molar-refractivity contribution in [2.24, 2.45) is 11.8 Å². The molecule has 1 unspecified atom stereocenters. The summed E-state index contributed by atoms with van der Waals surface area (Å²) in [5.41, 5.74) is 1.47. The predicted octanol–water partition coefficient (Wildman–Crippen LogP) is 6.07. The summed E-state index contributed by atoms with van der Waals surface area (Å²) in [7, 11) is 0. The van der Waals surface area contributed by atoms with Crippen LogP contribution in [0.25, 0.3) is 0 Å². The van der Waals surface area contributed by atoms with Gasteiger partial charge in [-0.25, -0.2) is 0 Å². The van der Waals surface area contributed by atoms with Gasteiger partial charge in [-0.3, -0.25) is 14.5 Å². The van der Waals surface area contributed by atoms with Crippen molar-refractivity contribution in [3.8, 4) is 0 Å². The molecule has 1 aliphatic carbocycles. The zero-order valence-electron chi connectivity index (χ0n) is 23.5. The van der Waals surface area contributed by atoms with Gasteiger partial charge < -0.3 is 10.6 Å². The number of hydrogen-bond acceptors (Lipinski definition) is 4. The molecule has 4 rings (SSSR count). The molecule has 1 aliphatic heterocycles. The van der Waals surface area contributed by atoms with Gasteiger partial charge in [0.1, 0.15) is 0 Å². The molecule has 0 spiro atoms. The van der Waals surface area contributed by atoms with Gasteiger partial charge in [0, 0.05) is 40.9 Å². The summed E-state index contributed by atoms with van der Waals surface area (Å²) in [5, 5.41) is 6.59. The molecule has 0 aromatic heterocycles. The van der Waals surface area contributed by atoms with E-state index < -0.39 is 0 Å². The fraction of sp³-hybridized carbons (Fsp3) is 0.562. The Morgan fingerprint density at radius 2 is 1.68 bits per heavy atom. The zero-order chi connectivity index (χ0) is 27.1. The third-order valence-electron chi connectivity index (χ3n) is 7.99. The van der Waals surface area contributed by atoms with Crippen molar-refractivity contribution in [1.29, 1.82) is 0 Å². The lowest BCUT2D eigenvalue weighted by molar-refractivity contribution is -0.131. The van der Waals surface area contributed by atoms with E-state index >= 15 is 0 Å². The Morgan fingerprint density at radius 3 is 2.39 bits per heavy atom. The molecule has 0 bridgehead atoms. The Kier molecular flexibility index (Phi) is 9.94. The van der Waals surface area contributed by atoms with Crippen LogP contribution in [0.15, 0.2) is 59.5 Å². The van der Waals surface area contributed by atoms with Gasteiger partial charge in [-0.1, -0.05) is 55.7 Å². The molecule has 2 aliphatic rings. The molecule has 2 amide bonds. The molecular weight excluding hydrogens is 490 g/mol. The number of likely N-dealkylation sites (tertiary alicyclic amines) is 1. The first kappa shape index (κ1) is 28.7. The van der Waals surface area contributed by atoms with Gasteiger partial charge in [0.15, 0.2) is 0 Å². The van der Waals surface area contributed by atoms with Crippen LogP contribution in [0.5, 0.6) is 0 Å². The third-order valence-corrected chi connectivity index (χ3v) is 9.16. The van der Waals surface area contributed by atoms with Crippen LogP contribution in [0.1, 0.15) is 75.2 Å². The number of carbonyl (C=O) groups excluding carboxylic acids is 2. The number of rotatable bonds is 9. The van der Waals surface area contributed by atoms with Gasteiger partial charge in [-0.05, 0) is 82.6 Å². The summed E-state index contributed by atoms with van der Waals surface area (Å²) in [5.74, 6) is 2.26. The number of piperidine rings is 1. The molecule has 6 heteroatoms. The molecule has 1 saturated heterocycles. The lowest BCUT2D eigenvalue weighted by atomic mass is 9.72. The van der Waals surface area contributed by atoms with E-state index in [2.05, 4.69) is 60.6 Å². The molecule has 2 N–H and O–H groups in total. The fourth-order valence-electron chi connectivity index (χ4n) is 6.00. The number of hydrogen-bond donors (Lipinski definition) is 2. The van der Waals surface area contributed by atoms with E-state index in [1.54, 1.807) is 11.8 Å². The number of aryl methyl sites for hydroxylation is 1. The molecule has 38 heavy (non-hydrogen) atoms. The number of carbonyl (C=O) groups is 2. The first-order valence-electron chi connectivity index (χ1n) is 14.3. The molecule has 5 nitrogen and oxygen atoms in total. The summed E-state index contributed by atoms with van der Waals surface area (Å²) in [6.07, 6.45) is 6.88. The van der Waals surface area contributed by atoms with Crippen LogP contribution in [0.3, 0.4) is 0 Å². The van der Waals surface area contributed by atoms with Crippen LogP contribution >= 0.6 is 11.8 Å². The molecule has 4 atom stereocenters. The van der Waals surface area contributed by atoms with Crippen LogP contribution < -0.4 is 10.6 Å². The lowest BCUT2D eigenvalue weighted by Crippen LogP contribution is -2.58. The Balaban J connectivity index is 1.47. The Morgan fingerprint density at radius 1 is 1.00 bits per heavy atom. The summed E-state index contributed by atoms with van der Waals surface area (Å²) in [4.78, 5) is 30.3. The number of amides is 2. The summed E-state index contributed by atoms with van der Waals surface area (Å²) < 4.78 is 0. The number of nitrogens with one attached hydrogen (secondary N) is 2. The Labute approximate surface area is 233 Å². The topological polar surface area (TPSA) is 61.4 Å². The van der Waals surface area contributed by atoms with Crippen molar-refractivity contribution >= 4 is 23.6 Å². The van der Waals surface area contributed by atoms with Gasteiger partial charge >= 0.3 is 0 Å². The lowest BCUT2D eigenvalue weighted by Gasteiger charge is -2.46. The van der Waals surface area contributed by atoms with Crippen molar-refractivity contribution in [3.05, 3.63) is 65.7 Å². The highest BCUT2D eigenvalue weighted by Crippen LogP contribution is 2.39. The number of nitrogens with zero attached hydrogens (tertiary/aromatic N) is 1. The zero-order valence-corrected chi connectivity index (χ0v) is 24.4. The van der Waals surface area contributed by atoms with Gasteiger partial charge in [-0.15, -0.1) is 11.8 Å². The van der Waals surface area contributed by atoms with E-state index in [4.69, 9.17) is 0 Å². The fourth-order valence-corrected chi connectivity index (χ4v) is 6.99. The van der Waals surface area contributed by atoms with Crippen molar-refractivity contribution in [1.82, 2.24) is 15.5 Å². The maximum atomic E-state index is 13.4. The van der Waals surface area contributed by atoms with Crippen molar-refractivity contribution < 1.29 is 9.59 Å². The molecule has 1 saturated carbocycles. The van der Waals surface area contributed by atoms with E-state index in [1.807, 2.05) is 37.3 Å². The minimum atomic E-state index is -0.247. The van der Waals surface area contributed by atoms with Crippen LogP contribution in [0, 0.1) is 18.8 Å². The standard InChI is InChI=1S/C32H45N3O2S/c1-23-12-8-11-17-28(23)30(36)33-26(22-38-27-15-6-5-7-16-27)18-19-35-21-25-14-10-9-13-24(25)20-29(35)31(37)34-32(2,3)4/h5-8,11-12,15-17,24-26,29H,9-10,13-14,18-22H2,1-4H3,(H,33,36)(H,34,37)/t24?,25-,26-,29+/m1/s1. The van der Waals surface area contributed by atoms with Crippen LogP contribution in [-0.4, -0.2) is 53.2 Å². The number of benzene rings is 2. The second-order valence-electron chi connectivity index (χ2n) is 12.2. The van der Waals surface area contributed by atoms with Crippen LogP contribution in [0.4, 0.5) is 0 Å². The highest BCUT2D eigenvalue weighted by Gasteiger charge is 2.40. The summed E-state index contributed by atoms with van der Waals surface area (Å²) in [6.45, 7) is 9.93. The number of thioether (sulfide) groups is 1. The smallest absolute Gasteiger partial charge is 0.251 e. The van der Waals surface area contributed by atoms with Crippen molar-refractivity contribution in [3.63, 3.8) is 0 Å². The molecule has 206 valence electrons. The molecule has 2 fully saturated rings. The highest BCUT2D eigenvalue weighted by atomic mass is 32.2. The van der Waals surface area contributed by atoms with E-state index in [1.165, 1.54) is 30.6 Å². The Hall–Kier alpha value is -2.31. The van der Waals surface area contributed by atoms with E-state index in [0.29, 0.717) is 11.8 Å². The van der Waals surface area contributed by atoms with Gasteiger partial charge in [0.2, 0.25) is 5.91 Å². The first-order chi connectivity index (χ1) is 18.2. The maximum Gasteiger partial charge on any atom is 0.251 e. The molecule has 2 aromatic rings. The van der Waals surface area contributed by atoms with Crippen LogP contribution in [-0.2, 0) is 4.79 Å². The predicted molar refractivity (Wildman–Crippen MR) is 158 cm³/mol. The molecule has 2 aromatic carbocycles. The molecule has 0 radical (unpaired) electrons. The summed E-state index contributed by atoms with van der Waals surface area (Å²) in [6, 6.07) is 18.0. The van der Waals surface area contributed by atoms with Crippen LogP contribution in [0.2, 0.25) is 0 Å².